The van der Waals surface area contributed by atoms with Gasteiger partial charge in [-0.3, -0.25) is 4.79 Å². The summed E-state index contributed by atoms with van der Waals surface area (Å²) in [6, 6.07) is 16.3. The van der Waals surface area contributed by atoms with Crippen molar-refractivity contribution in [3.8, 4) is 17.2 Å². The quantitative estimate of drug-likeness (QED) is 0.538. The van der Waals surface area contributed by atoms with Gasteiger partial charge >= 0.3 is 0 Å². The van der Waals surface area contributed by atoms with Gasteiger partial charge in [0.1, 0.15) is 16.4 Å². The first-order chi connectivity index (χ1) is 16.3. The van der Waals surface area contributed by atoms with E-state index in [0.717, 1.165) is 17.1 Å². The lowest BCUT2D eigenvalue weighted by Crippen LogP contribution is -2.50. The number of methoxy groups -OCH3 is 2. The van der Waals surface area contributed by atoms with Crippen LogP contribution in [0.4, 0.5) is 0 Å². The Hall–Kier alpha value is -3.30. The fourth-order valence-electron chi connectivity index (χ4n) is 4.27. The van der Waals surface area contributed by atoms with Crippen LogP contribution in [-0.4, -0.2) is 68.5 Å². The van der Waals surface area contributed by atoms with E-state index in [9.17, 15) is 13.2 Å². The smallest absolute Gasteiger partial charge is 0.253 e. The summed E-state index contributed by atoms with van der Waals surface area (Å²) in [7, 11) is -0.888. The molecule has 0 saturated carbocycles. The van der Waals surface area contributed by atoms with Crippen molar-refractivity contribution in [2.75, 3.05) is 40.4 Å². The molecule has 1 aliphatic rings. The number of carbonyl (C=O) groups is 1. The molecule has 1 fully saturated rings. The molecule has 0 radical (unpaired) electrons. The van der Waals surface area contributed by atoms with Gasteiger partial charge in [0.15, 0.2) is 0 Å². The van der Waals surface area contributed by atoms with Crippen molar-refractivity contribution in [2.24, 2.45) is 0 Å². The summed E-state index contributed by atoms with van der Waals surface area (Å²) in [5.74, 6) is 0.581. The number of aromatic nitrogens is 1. The van der Waals surface area contributed by atoms with Gasteiger partial charge in [-0.1, -0.05) is 0 Å². The average molecular weight is 484 g/mol. The molecule has 0 bridgehead atoms. The van der Waals surface area contributed by atoms with Gasteiger partial charge in [-0.05, 0) is 62.4 Å². The molecule has 0 N–H and O–H groups in total. The minimum Gasteiger partial charge on any atom is -0.497 e. The van der Waals surface area contributed by atoms with Gasteiger partial charge in [0.25, 0.3) is 5.91 Å². The highest BCUT2D eigenvalue weighted by Crippen LogP contribution is 2.31. The predicted molar refractivity (Wildman–Crippen MR) is 129 cm³/mol. The maximum Gasteiger partial charge on any atom is 0.253 e. The Morgan fingerprint density at radius 1 is 0.824 bits per heavy atom. The molecule has 0 aliphatic carbocycles. The third-order valence-corrected chi connectivity index (χ3v) is 8.08. The van der Waals surface area contributed by atoms with Crippen LogP contribution in [0.5, 0.6) is 11.5 Å². The number of piperazine rings is 1. The van der Waals surface area contributed by atoms with Crippen LogP contribution in [0.15, 0.2) is 59.5 Å². The summed E-state index contributed by atoms with van der Waals surface area (Å²) in [6.45, 7) is 5.10. The summed E-state index contributed by atoms with van der Waals surface area (Å²) in [4.78, 5) is 14.8. The van der Waals surface area contributed by atoms with Crippen molar-refractivity contribution < 1.29 is 22.7 Å². The molecule has 4 rings (SSSR count). The highest BCUT2D eigenvalue weighted by molar-refractivity contribution is 7.89. The van der Waals surface area contributed by atoms with E-state index in [1.807, 2.05) is 38.1 Å². The number of rotatable bonds is 6. The molecule has 1 amide bonds. The van der Waals surface area contributed by atoms with Crippen molar-refractivity contribution in [1.29, 1.82) is 0 Å². The molecule has 180 valence electrons. The van der Waals surface area contributed by atoms with E-state index < -0.39 is 10.0 Å². The molecule has 0 spiro atoms. The van der Waals surface area contributed by atoms with Gasteiger partial charge in [0.05, 0.1) is 14.2 Å². The monoisotopic (exact) mass is 483 g/mol. The van der Waals surface area contributed by atoms with Gasteiger partial charge in [0, 0.05) is 54.9 Å². The number of aryl methyl sites for hydroxylation is 2. The number of carbonyl (C=O) groups excluding carboxylic acids is 1. The zero-order valence-electron chi connectivity index (χ0n) is 19.8. The topological polar surface area (TPSA) is 81.1 Å². The average Bonchev–Trinajstić information content (AvgIpc) is 3.20. The zero-order chi connectivity index (χ0) is 24.5. The first-order valence-electron chi connectivity index (χ1n) is 11.0. The lowest BCUT2D eigenvalue weighted by Gasteiger charge is -2.34. The molecule has 9 heteroatoms. The predicted octanol–water partition coefficient (Wildman–Crippen LogP) is 3.26. The molecular weight excluding hydrogens is 454 g/mol. The molecule has 0 atom stereocenters. The van der Waals surface area contributed by atoms with Crippen molar-refractivity contribution >= 4 is 15.9 Å². The Balaban J connectivity index is 1.46. The summed E-state index contributed by atoms with van der Waals surface area (Å²) in [6.07, 6.45) is 0. The molecule has 2 heterocycles. The third kappa shape index (κ3) is 4.41. The van der Waals surface area contributed by atoms with Crippen LogP contribution in [0.25, 0.3) is 5.69 Å². The minimum atomic E-state index is -3.80. The van der Waals surface area contributed by atoms with Crippen LogP contribution in [0.2, 0.25) is 0 Å². The zero-order valence-corrected chi connectivity index (χ0v) is 20.6. The van der Waals surface area contributed by atoms with Crippen LogP contribution in [0.3, 0.4) is 0 Å². The number of sulfonamides is 1. The summed E-state index contributed by atoms with van der Waals surface area (Å²) in [5, 5.41) is 0. The van der Waals surface area contributed by atoms with Gasteiger partial charge in [-0.2, -0.15) is 4.31 Å². The van der Waals surface area contributed by atoms with Gasteiger partial charge < -0.3 is 18.9 Å². The molecule has 1 aliphatic heterocycles. The number of amides is 1. The first kappa shape index (κ1) is 23.8. The molecule has 8 nitrogen and oxygen atoms in total. The van der Waals surface area contributed by atoms with Crippen molar-refractivity contribution in [2.45, 2.75) is 18.7 Å². The van der Waals surface area contributed by atoms with Crippen molar-refractivity contribution in [1.82, 2.24) is 13.8 Å². The van der Waals surface area contributed by atoms with Gasteiger partial charge in [-0.15, -0.1) is 0 Å². The molecular formula is C25H29N3O5S. The molecule has 3 aromatic rings. The fourth-order valence-corrected chi connectivity index (χ4v) is 5.86. The lowest BCUT2D eigenvalue weighted by atomic mass is 10.1. The van der Waals surface area contributed by atoms with Gasteiger partial charge in [0.2, 0.25) is 10.0 Å². The standard InChI is InChI=1S/C25H29N3O5S/c1-18-5-6-19(2)28(18)21-9-7-20(8-10-21)25(29)26-13-15-27(16-14-26)34(30,31)24-17-22(32-3)11-12-23(24)33-4/h5-12,17H,13-16H2,1-4H3. The Morgan fingerprint density at radius 3 is 2.00 bits per heavy atom. The lowest BCUT2D eigenvalue weighted by molar-refractivity contribution is 0.0698. The van der Waals surface area contributed by atoms with Crippen LogP contribution >= 0.6 is 0 Å². The highest BCUT2D eigenvalue weighted by atomic mass is 32.2. The van der Waals surface area contributed by atoms with Crippen LogP contribution in [0, 0.1) is 13.8 Å². The first-order valence-corrected chi connectivity index (χ1v) is 12.5. The second-order valence-corrected chi connectivity index (χ2v) is 10.1. The highest BCUT2D eigenvalue weighted by Gasteiger charge is 2.32. The minimum absolute atomic E-state index is 0.0558. The molecule has 2 aromatic carbocycles. The van der Waals surface area contributed by atoms with E-state index in [2.05, 4.69) is 16.7 Å². The normalized spacial score (nSPS) is 14.8. The summed E-state index contributed by atoms with van der Waals surface area (Å²) in [5.41, 5.74) is 3.83. The number of hydrogen-bond acceptors (Lipinski definition) is 5. The third-order valence-electron chi connectivity index (χ3n) is 6.16. The molecule has 1 saturated heterocycles. The second-order valence-electron chi connectivity index (χ2n) is 8.21. The molecule has 34 heavy (non-hydrogen) atoms. The largest absolute Gasteiger partial charge is 0.497 e. The van der Waals surface area contributed by atoms with Crippen LogP contribution < -0.4 is 9.47 Å². The Bertz CT molecular complexity index is 1270. The van der Waals surface area contributed by atoms with E-state index in [4.69, 9.17) is 9.47 Å². The Labute approximate surface area is 200 Å². The number of ether oxygens (including phenoxy) is 2. The number of nitrogens with zero attached hydrogens (tertiary/aromatic N) is 3. The maximum absolute atomic E-state index is 13.3. The fraction of sp³-hybridized carbons (Fsp3) is 0.320. The SMILES string of the molecule is COc1ccc(OC)c(S(=O)(=O)N2CCN(C(=O)c3ccc(-n4c(C)ccc4C)cc3)CC2)c1. The van der Waals surface area contributed by atoms with Crippen LogP contribution in [0.1, 0.15) is 21.7 Å². The Kier molecular flexibility index (Phi) is 6.67. The number of benzene rings is 2. The van der Waals surface area contributed by atoms with E-state index in [0.29, 0.717) is 24.4 Å². The van der Waals surface area contributed by atoms with E-state index in [1.54, 1.807) is 17.0 Å². The van der Waals surface area contributed by atoms with Crippen molar-refractivity contribution in [3.63, 3.8) is 0 Å². The van der Waals surface area contributed by atoms with Gasteiger partial charge in [-0.25, -0.2) is 8.42 Å². The summed E-state index contributed by atoms with van der Waals surface area (Å²) < 4.78 is 40.5. The molecule has 0 unspecified atom stereocenters. The number of hydrogen-bond donors (Lipinski definition) is 0. The molecule has 1 aromatic heterocycles. The summed E-state index contributed by atoms with van der Waals surface area (Å²) >= 11 is 0. The van der Waals surface area contributed by atoms with Crippen molar-refractivity contribution in [3.05, 3.63) is 71.5 Å². The Morgan fingerprint density at radius 2 is 1.44 bits per heavy atom. The van der Waals surface area contributed by atoms with E-state index in [1.165, 1.54) is 24.6 Å². The maximum atomic E-state index is 13.3. The van der Waals surface area contributed by atoms with E-state index in [-0.39, 0.29) is 29.6 Å². The van der Waals surface area contributed by atoms with Crippen LogP contribution in [-0.2, 0) is 10.0 Å². The second kappa shape index (κ2) is 9.52. The van der Waals surface area contributed by atoms with E-state index >= 15 is 0 Å².